The number of Topliss-reactive ketones (excluding diaryl/α,β-unsaturated/α-hetero) is 1. The second-order valence-electron chi connectivity index (χ2n) is 5.83. The Morgan fingerprint density at radius 2 is 1.84 bits per heavy atom. The van der Waals surface area contributed by atoms with E-state index in [2.05, 4.69) is 0 Å². The number of esters is 1. The first-order chi connectivity index (χ1) is 12.1. The molecule has 25 heavy (non-hydrogen) atoms. The smallest absolute Gasteiger partial charge is 0.339 e. The highest BCUT2D eigenvalue weighted by molar-refractivity contribution is 7.10. The predicted octanol–water partition coefficient (Wildman–Crippen LogP) is 3.68. The van der Waals surface area contributed by atoms with E-state index in [1.807, 2.05) is 5.38 Å². The van der Waals surface area contributed by atoms with E-state index in [4.69, 9.17) is 14.2 Å². The summed E-state index contributed by atoms with van der Waals surface area (Å²) in [5.74, 6) is 0.305. The molecule has 5 nitrogen and oxygen atoms in total. The van der Waals surface area contributed by atoms with Crippen LogP contribution in [0.5, 0.6) is 11.5 Å². The standard InChI is InChI=1S/C19H20O5S/c1-22-16-8-7-12(9-17(16)23-2)15(20)10-24-19(21)14-11-25-18-6-4-3-5-13(14)18/h7-9,11H,3-6,10H2,1-2H3. The third-order valence-electron chi connectivity index (χ3n) is 4.32. The monoisotopic (exact) mass is 360 g/mol. The van der Waals surface area contributed by atoms with Crippen molar-refractivity contribution in [2.75, 3.05) is 20.8 Å². The lowest BCUT2D eigenvalue weighted by molar-refractivity contribution is 0.0474. The molecule has 0 amide bonds. The van der Waals surface area contributed by atoms with Crippen LogP contribution in [0.25, 0.3) is 0 Å². The van der Waals surface area contributed by atoms with Crippen LogP contribution in [0, 0.1) is 0 Å². The minimum Gasteiger partial charge on any atom is -0.493 e. The highest BCUT2D eigenvalue weighted by Crippen LogP contribution is 2.31. The van der Waals surface area contributed by atoms with Crippen LogP contribution in [0.15, 0.2) is 23.6 Å². The molecule has 0 N–H and O–H groups in total. The number of aryl methyl sites for hydroxylation is 1. The molecule has 1 aliphatic rings. The van der Waals surface area contributed by atoms with Gasteiger partial charge in [-0.05, 0) is 49.4 Å². The van der Waals surface area contributed by atoms with Crippen LogP contribution >= 0.6 is 11.3 Å². The lowest BCUT2D eigenvalue weighted by atomic mass is 9.96. The third kappa shape index (κ3) is 3.69. The van der Waals surface area contributed by atoms with Gasteiger partial charge in [-0.3, -0.25) is 4.79 Å². The first-order valence-corrected chi connectivity index (χ1v) is 9.03. The van der Waals surface area contributed by atoms with Gasteiger partial charge in [-0.2, -0.15) is 0 Å². The van der Waals surface area contributed by atoms with Gasteiger partial charge in [0.15, 0.2) is 23.9 Å². The second kappa shape index (κ2) is 7.70. The molecule has 0 aliphatic heterocycles. The highest BCUT2D eigenvalue weighted by atomic mass is 32.1. The molecule has 0 atom stereocenters. The number of ketones is 1. The zero-order valence-electron chi connectivity index (χ0n) is 14.3. The Labute approximate surface area is 150 Å². The van der Waals surface area contributed by atoms with Crippen molar-refractivity contribution in [3.8, 4) is 11.5 Å². The van der Waals surface area contributed by atoms with Crippen LogP contribution < -0.4 is 9.47 Å². The van der Waals surface area contributed by atoms with E-state index < -0.39 is 5.97 Å². The summed E-state index contributed by atoms with van der Waals surface area (Å²) in [6, 6.07) is 4.87. The summed E-state index contributed by atoms with van der Waals surface area (Å²) in [6.07, 6.45) is 4.19. The fourth-order valence-electron chi connectivity index (χ4n) is 2.97. The van der Waals surface area contributed by atoms with Crippen LogP contribution in [0.1, 0.15) is 44.0 Å². The quantitative estimate of drug-likeness (QED) is 0.581. The maximum absolute atomic E-state index is 12.3. The highest BCUT2D eigenvalue weighted by Gasteiger charge is 2.22. The van der Waals surface area contributed by atoms with Crippen molar-refractivity contribution >= 4 is 23.1 Å². The molecule has 132 valence electrons. The van der Waals surface area contributed by atoms with E-state index >= 15 is 0 Å². The van der Waals surface area contributed by atoms with E-state index in [0.29, 0.717) is 22.6 Å². The summed E-state index contributed by atoms with van der Waals surface area (Å²) < 4.78 is 15.6. The maximum Gasteiger partial charge on any atom is 0.339 e. The molecule has 0 fully saturated rings. The Kier molecular flexibility index (Phi) is 5.38. The molecule has 1 aromatic carbocycles. The topological polar surface area (TPSA) is 61.8 Å². The molecule has 0 saturated heterocycles. The number of methoxy groups -OCH3 is 2. The molecule has 0 bridgehead atoms. The Bertz CT molecular complexity index is 793. The summed E-state index contributed by atoms with van der Waals surface area (Å²) >= 11 is 1.60. The summed E-state index contributed by atoms with van der Waals surface area (Å²) in [4.78, 5) is 25.9. The van der Waals surface area contributed by atoms with Gasteiger partial charge in [0.1, 0.15) is 0 Å². The Morgan fingerprint density at radius 1 is 1.08 bits per heavy atom. The van der Waals surface area contributed by atoms with Crippen LogP contribution in [0.2, 0.25) is 0 Å². The van der Waals surface area contributed by atoms with E-state index in [9.17, 15) is 9.59 Å². The molecule has 2 aromatic rings. The molecule has 1 heterocycles. The lowest BCUT2D eigenvalue weighted by Gasteiger charge is -2.12. The van der Waals surface area contributed by atoms with E-state index in [1.165, 1.54) is 25.5 Å². The van der Waals surface area contributed by atoms with E-state index in [0.717, 1.165) is 24.8 Å². The average Bonchev–Trinajstić information content (AvgIpc) is 3.09. The first kappa shape index (κ1) is 17.5. The number of fused-ring (bicyclic) bond motifs is 1. The number of thiophene rings is 1. The Morgan fingerprint density at radius 3 is 2.60 bits per heavy atom. The molecule has 1 aromatic heterocycles. The molecular weight excluding hydrogens is 340 g/mol. The Hall–Kier alpha value is -2.34. The first-order valence-electron chi connectivity index (χ1n) is 8.15. The number of ether oxygens (including phenoxy) is 3. The van der Waals surface area contributed by atoms with Crippen molar-refractivity contribution < 1.29 is 23.8 Å². The molecule has 1 aliphatic carbocycles. The summed E-state index contributed by atoms with van der Waals surface area (Å²) in [7, 11) is 3.04. The van der Waals surface area contributed by atoms with Crippen molar-refractivity contribution in [1.29, 1.82) is 0 Å². The number of carbonyl (C=O) groups excluding carboxylic acids is 2. The molecule has 0 saturated carbocycles. The largest absolute Gasteiger partial charge is 0.493 e. The van der Waals surface area contributed by atoms with E-state index in [-0.39, 0.29) is 12.4 Å². The van der Waals surface area contributed by atoms with Crippen LogP contribution in [0.4, 0.5) is 0 Å². The van der Waals surface area contributed by atoms with Crippen molar-refractivity contribution in [2.24, 2.45) is 0 Å². The van der Waals surface area contributed by atoms with Crippen LogP contribution in [0.3, 0.4) is 0 Å². The molecular formula is C19H20O5S. The van der Waals surface area contributed by atoms with Gasteiger partial charge in [0, 0.05) is 15.8 Å². The van der Waals surface area contributed by atoms with Gasteiger partial charge in [-0.25, -0.2) is 4.79 Å². The van der Waals surface area contributed by atoms with Crippen molar-refractivity contribution in [3.63, 3.8) is 0 Å². The van der Waals surface area contributed by atoms with Gasteiger partial charge in [-0.15, -0.1) is 11.3 Å². The second-order valence-corrected chi connectivity index (χ2v) is 6.79. The maximum atomic E-state index is 12.3. The van der Waals surface area contributed by atoms with Crippen LogP contribution in [-0.4, -0.2) is 32.6 Å². The number of hydrogen-bond acceptors (Lipinski definition) is 6. The minimum atomic E-state index is -0.423. The lowest BCUT2D eigenvalue weighted by Crippen LogP contribution is -2.15. The minimum absolute atomic E-state index is 0.279. The zero-order chi connectivity index (χ0) is 17.8. The summed E-state index contributed by atoms with van der Waals surface area (Å²) in [6.45, 7) is -0.293. The SMILES string of the molecule is COc1ccc(C(=O)COC(=O)c2csc3c2CCCC3)cc1OC. The molecule has 0 radical (unpaired) electrons. The third-order valence-corrected chi connectivity index (χ3v) is 5.41. The average molecular weight is 360 g/mol. The van der Waals surface area contributed by atoms with Gasteiger partial charge in [0.05, 0.1) is 19.8 Å². The molecule has 6 heteroatoms. The van der Waals surface area contributed by atoms with Gasteiger partial charge >= 0.3 is 5.97 Å². The Balaban J connectivity index is 1.66. The van der Waals surface area contributed by atoms with Crippen LogP contribution in [-0.2, 0) is 17.6 Å². The van der Waals surface area contributed by atoms with Gasteiger partial charge in [-0.1, -0.05) is 0 Å². The molecule has 0 unspecified atom stereocenters. The van der Waals surface area contributed by atoms with E-state index in [1.54, 1.807) is 29.5 Å². The fourth-order valence-corrected chi connectivity index (χ4v) is 4.08. The molecule has 0 spiro atoms. The van der Waals surface area contributed by atoms with Crippen molar-refractivity contribution in [2.45, 2.75) is 25.7 Å². The summed E-state index contributed by atoms with van der Waals surface area (Å²) in [5.41, 5.74) is 2.12. The summed E-state index contributed by atoms with van der Waals surface area (Å²) in [5, 5.41) is 1.85. The predicted molar refractivity (Wildman–Crippen MR) is 95.1 cm³/mol. The molecule has 3 rings (SSSR count). The number of hydrogen-bond donors (Lipinski definition) is 0. The van der Waals surface area contributed by atoms with Gasteiger partial charge in [0.25, 0.3) is 0 Å². The number of rotatable bonds is 6. The number of carbonyl (C=O) groups is 2. The van der Waals surface area contributed by atoms with Crippen molar-refractivity contribution in [3.05, 3.63) is 45.1 Å². The van der Waals surface area contributed by atoms with Gasteiger partial charge < -0.3 is 14.2 Å². The number of benzene rings is 1. The zero-order valence-corrected chi connectivity index (χ0v) is 15.1. The normalized spacial score (nSPS) is 13.0. The fraction of sp³-hybridized carbons (Fsp3) is 0.368. The van der Waals surface area contributed by atoms with Gasteiger partial charge in [0.2, 0.25) is 0 Å². The van der Waals surface area contributed by atoms with Crippen molar-refractivity contribution in [1.82, 2.24) is 0 Å².